The van der Waals surface area contributed by atoms with E-state index in [2.05, 4.69) is 95.6 Å². The van der Waals surface area contributed by atoms with E-state index in [1.54, 1.807) is 0 Å². The second-order valence-electron chi connectivity index (χ2n) is 12.8. The molecule has 0 saturated heterocycles. The minimum atomic E-state index is 0.575. The Balaban J connectivity index is 1.25. The zero-order chi connectivity index (χ0) is 34.6. The van der Waals surface area contributed by atoms with Crippen molar-refractivity contribution in [3.63, 3.8) is 0 Å². The standard InChI is InChI=1S/C46H27N5S/c47-28-29-12-11-17-32(24-29)36-25-33(46-49-44(30-13-3-1-4-14-30)48-45(50-46)31-15-5-2-6-16-31)22-23-40(36)51-39-20-9-7-18-34(39)37-26-38-35-19-8-10-21-42(35)52-43(38)27-41(37)51/h1-27H. The zero-order valence-electron chi connectivity index (χ0n) is 27.7. The van der Waals surface area contributed by atoms with Crippen molar-refractivity contribution in [3.8, 4) is 57.0 Å². The van der Waals surface area contributed by atoms with E-state index in [1.807, 2.05) is 90.2 Å². The highest BCUT2D eigenvalue weighted by atomic mass is 32.1. The summed E-state index contributed by atoms with van der Waals surface area (Å²) in [6, 6.07) is 58.5. The first-order chi connectivity index (χ1) is 25.7. The summed E-state index contributed by atoms with van der Waals surface area (Å²) < 4.78 is 4.89. The van der Waals surface area contributed by atoms with Gasteiger partial charge in [0.15, 0.2) is 17.5 Å². The number of aromatic nitrogens is 4. The van der Waals surface area contributed by atoms with Crippen LogP contribution in [0, 0.1) is 11.3 Å². The third-order valence-electron chi connectivity index (χ3n) is 9.67. The molecule has 0 amide bonds. The number of fused-ring (bicyclic) bond motifs is 6. The van der Waals surface area contributed by atoms with Gasteiger partial charge in [-0.1, -0.05) is 109 Å². The van der Waals surface area contributed by atoms with Gasteiger partial charge in [0, 0.05) is 53.2 Å². The molecule has 0 bridgehead atoms. The third-order valence-corrected chi connectivity index (χ3v) is 10.8. The van der Waals surface area contributed by atoms with Gasteiger partial charge < -0.3 is 4.57 Å². The number of benzene rings is 7. The second kappa shape index (κ2) is 12.1. The Bertz CT molecular complexity index is 2970. The molecule has 0 aliphatic carbocycles. The van der Waals surface area contributed by atoms with Gasteiger partial charge >= 0.3 is 0 Å². The lowest BCUT2D eigenvalue weighted by molar-refractivity contribution is 1.07. The Morgan fingerprint density at radius 2 is 1.08 bits per heavy atom. The molecule has 3 heterocycles. The van der Waals surface area contributed by atoms with Crippen molar-refractivity contribution in [1.29, 1.82) is 5.26 Å². The predicted octanol–water partition coefficient (Wildman–Crippen LogP) is 11.9. The van der Waals surface area contributed by atoms with Crippen LogP contribution in [0.2, 0.25) is 0 Å². The smallest absolute Gasteiger partial charge is 0.164 e. The second-order valence-corrected chi connectivity index (χ2v) is 13.9. The van der Waals surface area contributed by atoms with E-state index in [1.165, 1.54) is 30.9 Å². The lowest BCUT2D eigenvalue weighted by Crippen LogP contribution is -2.02. The summed E-state index contributed by atoms with van der Waals surface area (Å²) in [5.41, 5.74) is 8.44. The van der Waals surface area contributed by atoms with Crippen LogP contribution in [-0.4, -0.2) is 19.5 Å². The monoisotopic (exact) mass is 681 g/mol. The molecule has 0 saturated carbocycles. The highest BCUT2D eigenvalue weighted by Gasteiger charge is 2.20. The summed E-state index contributed by atoms with van der Waals surface area (Å²) in [4.78, 5) is 15.0. The number of hydrogen-bond donors (Lipinski definition) is 0. The quantitative estimate of drug-likeness (QED) is 0.181. The van der Waals surface area contributed by atoms with E-state index in [0.29, 0.717) is 23.0 Å². The van der Waals surface area contributed by atoms with E-state index in [9.17, 15) is 5.26 Å². The fourth-order valence-electron chi connectivity index (χ4n) is 7.24. The lowest BCUT2D eigenvalue weighted by Gasteiger charge is -2.16. The topological polar surface area (TPSA) is 67.4 Å². The summed E-state index contributed by atoms with van der Waals surface area (Å²) in [7, 11) is 0. The van der Waals surface area contributed by atoms with E-state index in [-0.39, 0.29) is 0 Å². The molecule has 5 nitrogen and oxygen atoms in total. The molecule has 10 aromatic rings. The average molecular weight is 682 g/mol. The number of nitrogens with zero attached hydrogens (tertiary/aromatic N) is 5. The Kier molecular flexibility index (Phi) is 6.98. The molecule has 0 radical (unpaired) electrons. The molecule has 0 aliphatic rings. The van der Waals surface area contributed by atoms with Crippen molar-refractivity contribution >= 4 is 53.3 Å². The summed E-state index contributed by atoms with van der Waals surface area (Å²) in [5.74, 6) is 1.79. The minimum absolute atomic E-state index is 0.575. The molecule has 10 rings (SSSR count). The van der Waals surface area contributed by atoms with Crippen LogP contribution in [0.4, 0.5) is 0 Å². The Morgan fingerprint density at radius 1 is 0.442 bits per heavy atom. The number of thiophene rings is 1. The van der Waals surface area contributed by atoms with Crippen LogP contribution in [-0.2, 0) is 0 Å². The molecule has 3 aromatic heterocycles. The number of rotatable bonds is 5. The average Bonchev–Trinajstić information content (AvgIpc) is 3.75. The summed E-state index contributed by atoms with van der Waals surface area (Å²) in [6.45, 7) is 0. The SMILES string of the molecule is N#Cc1cccc(-c2cc(-c3nc(-c4ccccc4)nc(-c4ccccc4)n3)ccc2-n2c3ccccc3c3cc4c(cc32)sc2ccccc24)c1. The van der Waals surface area contributed by atoms with Crippen molar-refractivity contribution in [2.75, 3.05) is 0 Å². The van der Waals surface area contributed by atoms with Crippen molar-refractivity contribution < 1.29 is 0 Å². The fourth-order valence-corrected chi connectivity index (χ4v) is 8.36. The van der Waals surface area contributed by atoms with Gasteiger partial charge in [-0.05, 0) is 60.2 Å². The molecule has 0 spiro atoms. The van der Waals surface area contributed by atoms with Crippen molar-refractivity contribution in [1.82, 2.24) is 19.5 Å². The minimum Gasteiger partial charge on any atom is -0.309 e. The number of para-hydroxylation sites is 1. The van der Waals surface area contributed by atoms with Crippen molar-refractivity contribution in [2.24, 2.45) is 0 Å². The van der Waals surface area contributed by atoms with E-state index < -0.39 is 0 Å². The highest BCUT2D eigenvalue weighted by molar-refractivity contribution is 7.25. The van der Waals surface area contributed by atoms with E-state index in [4.69, 9.17) is 15.0 Å². The van der Waals surface area contributed by atoms with E-state index in [0.717, 1.165) is 44.5 Å². The van der Waals surface area contributed by atoms with Crippen molar-refractivity contribution in [2.45, 2.75) is 0 Å². The largest absolute Gasteiger partial charge is 0.309 e. The van der Waals surface area contributed by atoms with Gasteiger partial charge in [-0.25, -0.2) is 15.0 Å². The number of nitriles is 1. The maximum atomic E-state index is 9.93. The van der Waals surface area contributed by atoms with Gasteiger partial charge in [-0.3, -0.25) is 0 Å². The van der Waals surface area contributed by atoms with Crippen molar-refractivity contribution in [3.05, 3.63) is 169 Å². The Morgan fingerprint density at radius 3 is 1.81 bits per heavy atom. The summed E-state index contributed by atoms with van der Waals surface area (Å²) >= 11 is 1.82. The summed E-state index contributed by atoms with van der Waals surface area (Å²) in [6.07, 6.45) is 0. The third kappa shape index (κ3) is 4.95. The van der Waals surface area contributed by atoms with Gasteiger partial charge in [-0.2, -0.15) is 5.26 Å². The van der Waals surface area contributed by atoms with Crippen LogP contribution in [0.15, 0.2) is 164 Å². The van der Waals surface area contributed by atoms with Gasteiger partial charge in [-0.15, -0.1) is 11.3 Å². The van der Waals surface area contributed by atoms with Gasteiger partial charge in [0.2, 0.25) is 0 Å². The van der Waals surface area contributed by atoms with E-state index >= 15 is 0 Å². The van der Waals surface area contributed by atoms with Gasteiger partial charge in [0.1, 0.15) is 0 Å². The Labute approximate surface area is 303 Å². The van der Waals surface area contributed by atoms with Crippen LogP contribution in [0.1, 0.15) is 5.56 Å². The molecule has 7 aromatic carbocycles. The molecule has 242 valence electrons. The first-order valence-corrected chi connectivity index (χ1v) is 17.9. The summed E-state index contributed by atoms with van der Waals surface area (Å²) in [5, 5.41) is 14.9. The normalized spacial score (nSPS) is 11.4. The molecule has 52 heavy (non-hydrogen) atoms. The van der Waals surface area contributed by atoms with Gasteiger partial charge in [0.25, 0.3) is 0 Å². The molecular formula is C46H27N5S. The maximum absolute atomic E-state index is 9.93. The molecular weight excluding hydrogens is 655 g/mol. The van der Waals surface area contributed by atoms with Gasteiger partial charge in [0.05, 0.1) is 28.4 Å². The fraction of sp³-hybridized carbons (Fsp3) is 0. The molecule has 0 unspecified atom stereocenters. The Hall–Kier alpha value is -6.94. The first-order valence-electron chi connectivity index (χ1n) is 17.1. The number of hydrogen-bond acceptors (Lipinski definition) is 5. The molecule has 0 atom stereocenters. The first kappa shape index (κ1) is 29.9. The molecule has 0 aliphatic heterocycles. The molecule has 0 N–H and O–H groups in total. The maximum Gasteiger partial charge on any atom is 0.164 e. The molecule has 6 heteroatoms. The predicted molar refractivity (Wildman–Crippen MR) is 214 cm³/mol. The van der Waals surface area contributed by atoms with Crippen LogP contribution in [0.5, 0.6) is 0 Å². The van der Waals surface area contributed by atoms with Crippen LogP contribution >= 0.6 is 11.3 Å². The molecule has 0 fully saturated rings. The highest BCUT2D eigenvalue weighted by Crippen LogP contribution is 2.42. The van der Waals surface area contributed by atoms with Crippen LogP contribution < -0.4 is 0 Å². The zero-order valence-corrected chi connectivity index (χ0v) is 28.5. The lowest BCUT2D eigenvalue weighted by atomic mass is 9.98. The van der Waals surface area contributed by atoms with Crippen LogP contribution in [0.3, 0.4) is 0 Å². The van der Waals surface area contributed by atoms with Crippen LogP contribution in [0.25, 0.3) is 93.0 Å².